The normalized spacial score (nSPS) is 10.8. The monoisotopic (exact) mass is 388 g/mol. The van der Waals surface area contributed by atoms with E-state index >= 15 is 0 Å². The van der Waals surface area contributed by atoms with Gasteiger partial charge in [-0.2, -0.15) is 0 Å². The fourth-order valence-electron chi connectivity index (χ4n) is 2.40. The molecule has 3 rings (SSSR count). The molecule has 0 bridgehead atoms. The highest BCUT2D eigenvalue weighted by Crippen LogP contribution is 2.29. The first-order chi connectivity index (χ1) is 12.5. The van der Waals surface area contributed by atoms with E-state index in [2.05, 4.69) is 9.97 Å². The van der Waals surface area contributed by atoms with Crippen molar-refractivity contribution in [3.63, 3.8) is 0 Å². The number of ketones is 1. The highest BCUT2D eigenvalue weighted by molar-refractivity contribution is 8.00. The molecule has 0 fully saturated rings. The molecular formula is C18H16N2O4S2. The maximum absolute atomic E-state index is 12.4. The number of thiophene rings is 1. The third kappa shape index (κ3) is 4.20. The van der Waals surface area contributed by atoms with Crippen LogP contribution < -0.4 is 4.74 Å². The Morgan fingerprint density at radius 1 is 1.23 bits per heavy atom. The van der Waals surface area contributed by atoms with Crippen LogP contribution in [0.1, 0.15) is 20.4 Å². The average molecular weight is 388 g/mol. The lowest BCUT2D eigenvalue weighted by molar-refractivity contribution is -0.136. The predicted octanol–water partition coefficient (Wildman–Crippen LogP) is 3.61. The molecule has 1 N–H and O–H groups in total. The van der Waals surface area contributed by atoms with Crippen molar-refractivity contribution >= 4 is 45.8 Å². The third-order valence-electron chi connectivity index (χ3n) is 3.58. The Balaban J connectivity index is 1.79. The second-order valence-corrected chi connectivity index (χ2v) is 7.64. The fourth-order valence-corrected chi connectivity index (χ4v) is 4.37. The lowest BCUT2D eigenvalue weighted by Crippen LogP contribution is -2.01. The Morgan fingerprint density at radius 3 is 2.77 bits per heavy atom. The zero-order valence-corrected chi connectivity index (χ0v) is 15.8. The zero-order valence-electron chi connectivity index (χ0n) is 14.2. The highest BCUT2D eigenvalue weighted by atomic mass is 32.2. The van der Waals surface area contributed by atoms with E-state index in [1.54, 1.807) is 19.2 Å². The standard InChI is InChI=1S/C18H16N2O4S2/c1-10-19-14-5-3-11(24-2)7-13(14)18(20-10)25-9-15(21)16-6-4-12(26-16)8-17(22)23/h3-7H,8-9H2,1-2H3,(H,22,23). The summed E-state index contributed by atoms with van der Waals surface area (Å²) in [6.07, 6.45) is -0.0688. The van der Waals surface area contributed by atoms with Crippen LogP contribution in [-0.4, -0.2) is 39.7 Å². The maximum atomic E-state index is 12.4. The summed E-state index contributed by atoms with van der Waals surface area (Å²) in [5.74, 6) is 0.601. The number of carbonyl (C=O) groups is 2. The van der Waals surface area contributed by atoms with Crippen LogP contribution in [0.3, 0.4) is 0 Å². The van der Waals surface area contributed by atoms with E-state index in [1.807, 2.05) is 25.1 Å². The van der Waals surface area contributed by atoms with E-state index < -0.39 is 5.97 Å². The molecule has 0 radical (unpaired) electrons. The minimum absolute atomic E-state index is 0.0519. The Labute approximate surface area is 158 Å². The summed E-state index contributed by atoms with van der Waals surface area (Å²) in [6.45, 7) is 1.81. The summed E-state index contributed by atoms with van der Waals surface area (Å²) in [5, 5.41) is 10.4. The van der Waals surface area contributed by atoms with Gasteiger partial charge in [0.25, 0.3) is 0 Å². The summed E-state index contributed by atoms with van der Waals surface area (Å²) < 4.78 is 5.26. The van der Waals surface area contributed by atoms with Crippen LogP contribution in [0.2, 0.25) is 0 Å². The quantitative estimate of drug-likeness (QED) is 0.376. The van der Waals surface area contributed by atoms with Crippen molar-refractivity contribution in [2.24, 2.45) is 0 Å². The minimum Gasteiger partial charge on any atom is -0.497 e. The smallest absolute Gasteiger partial charge is 0.308 e. The van der Waals surface area contributed by atoms with E-state index in [4.69, 9.17) is 9.84 Å². The Hall–Kier alpha value is -2.45. The van der Waals surface area contributed by atoms with Gasteiger partial charge >= 0.3 is 5.97 Å². The van der Waals surface area contributed by atoms with E-state index in [0.717, 1.165) is 15.9 Å². The first-order valence-corrected chi connectivity index (χ1v) is 9.55. The number of benzene rings is 1. The van der Waals surface area contributed by atoms with Crippen molar-refractivity contribution in [2.45, 2.75) is 18.4 Å². The number of hydrogen-bond acceptors (Lipinski definition) is 7. The van der Waals surface area contributed by atoms with Crippen LogP contribution in [0.5, 0.6) is 5.75 Å². The topological polar surface area (TPSA) is 89.4 Å². The van der Waals surface area contributed by atoms with E-state index in [9.17, 15) is 9.59 Å². The Morgan fingerprint density at radius 2 is 2.04 bits per heavy atom. The summed E-state index contributed by atoms with van der Waals surface area (Å²) in [7, 11) is 1.60. The zero-order chi connectivity index (χ0) is 18.7. The summed E-state index contributed by atoms with van der Waals surface area (Å²) >= 11 is 2.56. The van der Waals surface area contributed by atoms with Gasteiger partial charge in [0.05, 0.1) is 29.7 Å². The van der Waals surface area contributed by atoms with Crippen LogP contribution >= 0.6 is 23.1 Å². The van der Waals surface area contributed by atoms with E-state index in [-0.39, 0.29) is 18.0 Å². The molecule has 0 aliphatic carbocycles. The molecule has 8 heteroatoms. The molecule has 26 heavy (non-hydrogen) atoms. The number of carbonyl (C=O) groups excluding carboxylic acids is 1. The molecule has 0 saturated heterocycles. The van der Waals surface area contributed by atoms with Gasteiger partial charge in [-0.3, -0.25) is 9.59 Å². The second-order valence-electron chi connectivity index (χ2n) is 5.51. The highest BCUT2D eigenvalue weighted by Gasteiger charge is 2.14. The van der Waals surface area contributed by atoms with E-state index in [1.165, 1.54) is 23.1 Å². The van der Waals surface area contributed by atoms with Gasteiger partial charge in [-0.1, -0.05) is 11.8 Å². The number of rotatable bonds is 7. The number of methoxy groups -OCH3 is 1. The van der Waals surface area contributed by atoms with E-state index in [0.29, 0.717) is 21.3 Å². The summed E-state index contributed by atoms with van der Waals surface area (Å²) in [5.41, 5.74) is 0.799. The number of Topliss-reactive ketones (excluding diaryl/α,β-unsaturated/α-hetero) is 1. The number of thioether (sulfide) groups is 1. The van der Waals surface area contributed by atoms with Crippen molar-refractivity contribution in [1.29, 1.82) is 0 Å². The molecule has 0 atom stereocenters. The number of nitrogens with zero attached hydrogens (tertiary/aromatic N) is 2. The van der Waals surface area contributed by atoms with Crippen LogP contribution in [0.25, 0.3) is 10.9 Å². The lowest BCUT2D eigenvalue weighted by atomic mass is 10.2. The molecule has 6 nitrogen and oxygen atoms in total. The molecule has 3 aromatic rings. The molecule has 2 heterocycles. The number of fused-ring (bicyclic) bond motifs is 1. The van der Waals surface area contributed by atoms with Gasteiger partial charge in [-0.25, -0.2) is 9.97 Å². The molecule has 134 valence electrons. The number of ether oxygens (including phenoxy) is 1. The van der Waals surface area contributed by atoms with Gasteiger partial charge in [0, 0.05) is 10.3 Å². The number of hydrogen-bond donors (Lipinski definition) is 1. The average Bonchev–Trinajstić information content (AvgIpc) is 3.06. The molecule has 0 amide bonds. The van der Waals surface area contributed by atoms with Crippen molar-refractivity contribution < 1.29 is 19.4 Å². The van der Waals surface area contributed by atoms with Crippen molar-refractivity contribution in [3.8, 4) is 5.75 Å². The summed E-state index contributed by atoms with van der Waals surface area (Å²) in [4.78, 5) is 33.3. The van der Waals surface area contributed by atoms with Crippen LogP contribution in [-0.2, 0) is 11.2 Å². The third-order valence-corrected chi connectivity index (χ3v) is 5.70. The Bertz CT molecular complexity index is 984. The van der Waals surface area contributed by atoms with Crippen molar-refractivity contribution in [2.75, 3.05) is 12.9 Å². The number of aliphatic carboxylic acids is 1. The van der Waals surface area contributed by atoms with Gasteiger partial charge in [0.1, 0.15) is 16.6 Å². The largest absolute Gasteiger partial charge is 0.497 e. The van der Waals surface area contributed by atoms with Crippen LogP contribution in [0, 0.1) is 6.92 Å². The molecular weight excluding hydrogens is 372 g/mol. The minimum atomic E-state index is -0.905. The SMILES string of the molecule is COc1ccc2nc(C)nc(SCC(=O)c3ccc(CC(=O)O)s3)c2c1. The Kier molecular flexibility index (Phi) is 5.53. The molecule has 1 aromatic carbocycles. The first kappa shape index (κ1) is 18.3. The number of carboxylic acids is 1. The fraction of sp³-hybridized carbons (Fsp3) is 0.222. The predicted molar refractivity (Wildman–Crippen MR) is 102 cm³/mol. The van der Waals surface area contributed by atoms with Crippen LogP contribution in [0.15, 0.2) is 35.4 Å². The van der Waals surface area contributed by atoms with Gasteiger partial charge in [-0.15, -0.1) is 11.3 Å². The van der Waals surface area contributed by atoms with Gasteiger partial charge in [-0.05, 0) is 37.3 Å². The molecule has 2 aromatic heterocycles. The molecule has 0 unspecified atom stereocenters. The van der Waals surface area contributed by atoms with Gasteiger partial charge in [0.15, 0.2) is 5.78 Å². The van der Waals surface area contributed by atoms with Gasteiger partial charge < -0.3 is 9.84 Å². The maximum Gasteiger partial charge on any atom is 0.308 e. The molecule has 0 spiro atoms. The molecule has 0 aliphatic heterocycles. The second kappa shape index (κ2) is 7.84. The number of aryl methyl sites for hydroxylation is 1. The lowest BCUT2D eigenvalue weighted by Gasteiger charge is -2.08. The summed E-state index contributed by atoms with van der Waals surface area (Å²) in [6, 6.07) is 8.93. The van der Waals surface area contributed by atoms with Crippen molar-refractivity contribution in [1.82, 2.24) is 9.97 Å². The van der Waals surface area contributed by atoms with Crippen LogP contribution in [0.4, 0.5) is 0 Å². The van der Waals surface area contributed by atoms with Gasteiger partial charge in [0.2, 0.25) is 0 Å². The molecule has 0 aliphatic rings. The van der Waals surface area contributed by atoms with Crippen molar-refractivity contribution in [3.05, 3.63) is 45.9 Å². The molecule has 0 saturated carbocycles. The number of aromatic nitrogens is 2. The first-order valence-electron chi connectivity index (χ1n) is 7.75. The number of carboxylic acid groups (broad SMARTS) is 1.